The minimum atomic E-state index is -0.0893. The topological polar surface area (TPSA) is 120 Å². The quantitative estimate of drug-likeness (QED) is 0.180. The van der Waals surface area contributed by atoms with Crippen LogP contribution in [0.4, 0.5) is 17.1 Å². The lowest BCUT2D eigenvalue weighted by Crippen LogP contribution is -2.14. The number of fused-ring (bicyclic) bond motifs is 6. The Balaban J connectivity index is 1.19. The van der Waals surface area contributed by atoms with E-state index in [0.29, 0.717) is 50.2 Å². The molecule has 0 aliphatic heterocycles. The molecule has 0 N–H and O–H groups in total. The molecule has 0 amide bonds. The molecule has 10 rings (SSSR count). The van der Waals surface area contributed by atoms with Crippen LogP contribution in [0, 0.1) is 0 Å². The van der Waals surface area contributed by atoms with Crippen LogP contribution >= 0.6 is 0 Å². The predicted molar refractivity (Wildman–Crippen MR) is 186 cm³/mol. The summed E-state index contributed by atoms with van der Waals surface area (Å²) < 4.78 is 16.0. The van der Waals surface area contributed by atoms with Crippen molar-refractivity contribution in [2.24, 2.45) is 0 Å². The molecule has 10 heteroatoms. The summed E-state index contributed by atoms with van der Waals surface area (Å²) in [7, 11) is 0. The number of aromatic nitrogens is 6. The van der Waals surface area contributed by atoms with E-state index < -0.39 is 0 Å². The van der Waals surface area contributed by atoms with Crippen molar-refractivity contribution in [3.8, 4) is 33.4 Å². The summed E-state index contributed by atoms with van der Waals surface area (Å²) in [6.07, 6.45) is 0. The zero-order valence-electron chi connectivity index (χ0n) is 26.3. The summed E-state index contributed by atoms with van der Waals surface area (Å²) in [6, 6.07) is 39.1. The highest BCUT2D eigenvalue weighted by atomic mass is 16.6. The Bertz CT molecular complexity index is 2730. The molecule has 1 aliphatic rings. The molecule has 10 nitrogen and oxygen atoms in total. The van der Waals surface area contributed by atoms with Crippen LogP contribution in [-0.2, 0) is 5.41 Å². The zero-order valence-corrected chi connectivity index (χ0v) is 26.3. The Morgan fingerprint density at radius 1 is 0.429 bits per heavy atom. The van der Waals surface area contributed by atoms with Crippen LogP contribution in [0.15, 0.2) is 129 Å². The molecule has 0 bridgehead atoms. The molecule has 0 unspecified atom stereocenters. The zero-order chi connectivity index (χ0) is 32.7. The van der Waals surface area contributed by atoms with Gasteiger partial charge in [0.25, 0.3) is 0 Å². The number of hydrogen-bond acceptors (Lipinski definition) is 10. The van der Waals surface area contributed by atoms with Crippen molar-refractivity contribution in [1.82, 2.24) is 30.9 Å². The Labute approximate surface area is 278 Å². The monoisotopic (exact) mass is 639 g/mol. The standard InChI is InChI=1S/C39H25N7O3/c1-39(2)28-12-7-6-11-26(28)27-21-23(15-18-29(27)39)25-17-20-33(38-35(25)42-49-45-38)46(31-14-8-13-30-36(31)43-47-40-30)32-19-16-24(22-9-4-3-5-10-22)34-37(32)44-48-41-34/h3-21H,1-2H3. The molecule has 3 heterocycles. The second-order valence-electron chi connectivity index (χ2n) is 12.7. The lowest BCUT2D eigenvalue weighted by atomic mass is 9.82. The van der Waals surface area contributed by atoms with Crippen LogP contribution in [0.2, 0.25) is 0 Å². The molecule has 0 spiro atoms. The molecular weight excluding hydrogens is 614 g/mol. The number of benzene rings is 6. The average molecular weight is 640 g/mol. The predicted octanol–water partition coefficient (Wildman–Crippen LogP) is 9.41. The maximum Gasteiger partial charge on any atom is 0.159 e. The first-order valence-electron chi connectivity index (χ1n) is 15.9. The fraction of sp³-hybridized carbons (Fsp3) is 0.0769. The highest BCUT2D eigenvalue weighted by Crippen LogP contribution is 2.50. The third-order valence-electron chi connectivity index (χ3n) is 9.75. The van der Waals surface area contributed by atoms with Gasteiger partial charge in [0.1, 0.15) is 16.6 Å². The van der Waals surface area contributed by atoms with E-state index in [4.69, 9.17) is 13.9 Å². The Morgan fingerprint density at radius 2 is 1.02 bits per heavy atom. The number of rotatable bonds is 5. The smallest absolute Gasteiger partial charge is 0.159 e. The summed E-state index contributed by atoms with van der Waals surface area (Å²) in [5, 5.41) is 26.0. The fourth-order valence-electron chi connectivity index (χ4n) is 7.40. The normalized spacial score (nSPS) is 13.3. The molecule has 49 heavy (non-hydrogen) atoms. The lowest BCUT2D eigenvalue weighted by molar-refractivity contribution is 0.315. The number of nitrogens with zero attached hydrogens (tertiary/aromatic N) is 7. The fourth-order valence-corrected chi connectivity index (χ4v) is 7.40. The van der Waals surface area contributed by atoms with Crippen molar-refractivity contribution in [2.45, 2.75) is 19.3 Å². The third kappa shape index (κ3) is 3.94. The first kappa shape index (κ1) is 27.4. The van der Waals surface area contributed by atoms with Gasteiger partial charge >= 0.3 is 0 Å². The molecule has 1 aliphatic carbocycles. The number of anilines is 3. The van der Waals surface area contributed by atoms with E-state index >= 15 is 0 Å². The van der Waals surface area contributed by atoms with E-state index in [1.54, 1.807) is 0 Å². The first-order chi connectivity index (χ1) is 24.1. The van der Waals surface area contributed by atoms with Crippen LogP contribution in [0.3, 0.4) is 0 Å². The van der Waals surface area contributed by atoms with Gasteiger partial charge in [-0.05, 0) is 107 Å². The second-order valence-corrected chi connectivity index (χ2v) is 12.7. The average Bonchev–Trinajstić information content (AvgIpc) is 3.96. The van der Waals surface area contributed by atoms with Gasteiger partial charge in [-0.1, -0.05) is 86.6 Å². The highest BCUT2D eigenvalue weighted by Gasteiger charge is 2.35. The SMILES string of the molecule is CC1(C)c2ccccc2-c2cc(-c3ccc(N(c4cccc5nonc45)c4ccc(-c5ccccc5)c5nonc45)c4nonc34)ccc21. The summed E-state index contributed by atoms with van der Waals surface area (Å²) in [5.74, 6) is 0. The Morgan fingerprint density at radius 3 is 1.78 bits per heavy atom. The molecule has 0 saturated carbocycles. The summed E-state index contributed by atoms with van der Waals surface area (Å²) in [5.41, 5.74) is 14.4. The highest BCUT2D eigenvalue weighted by molar-refractivity contribution is 6.09. The van der Waals surface area contributed by atoms with Gasteiger partial charge < -0.3 is 4.90 Å². The van der Waals surface area contributed by atoms with E-state index in [1.165, 1.54) is 22.3 Å². The molecule has 0 radical (unpaired) electrons. The lowest BCUT2D eigenvalue weighted by Gasteiger charge is -2.25. The van der Waals surface area contributed by atoms with Crippen LogP contribution < -0.4 is 4.90 Å². The maximum absolute atomic E-state index is 5.47. The van der Waals surface area contributed by atoms with Crippen molar-refractivity contribution < 1.29 is 13.9 Å². The Hall–Kier alpha value is -6.68. The van der Waals surface area contributed by atoms with E-state index in [0.717, 1.165) is 22.3 Å². The summed E-state index contributed by atoms with van der Waals surface area (Å²) in [4.78, 5) is 2.01. The molecular formula is C39H25N7O3. The third-order valence-corrected chi connectivity index (χ3v) is 9.75. The van der Waals surface area contributed by atoms with Crippen molar-refractivity contribution >= 4 is 50.2 Å². The van der Waals surface area contributed by atoms with Gasteiger partial charge in [0.05, 0.1) is 17.1 Å². The minimum absolute atomic E-state index is 0.0893. The van der Waals surface area contributed by atoms with Crippen LogP contribution in [0.1, 0.15) is 25.0 Å². The summed E-state index contributed by atoms with van der Waals surface area (Å²) in [6.45, 7) is 4.55. The van der Waals surface area contributed by atoms with E-state index in [-0.39, 0.29) is 5.41 Å². The van der Waals surface area contributed by atoms with Crippen molar-refractivity contribution in [1.29, 1.82) is 0 Å². The number of hydrogen-bond donors (Lipinski definition) is 0. The van der Waals surface area contributed by atoms with E-state index in [2.05, 4.69) is 93.3 Å². The molecule has 0 fully saturated rings. The van der Waals surface area contributed by atoms with E-state index in [1.807, 2.05) is 71.6 Å². The van der Waals surface area contributed by atoms with Gasteiger partial charge in [0, 0.05) is 16.5 Å². The minimum Gasteiger partial charge on any atom is -0.303 e. The maximum atomic E-state index is 5.47. The van der Waals surface area contributed by atoms with Crippen LogP contribution in [0.5, 0.6) is 0 Å². The molecule has 0 atom stereocenters. The van der Waals surface area contributed by atoms with Crippen molar-refractivity contribution in [3.05, 3.63) is 126 Å². The van der Waals surface area contributed by atoms with Crippen molar-refractivity contribution in [3.63, 3.8) is 0 Å². The molecule has 9 aromatic rings. The van der Waals surface area contributed by atoms with Gasteiger partial charge in [-0.25, -0.2) is 13.9 Å². The van der Waals surface area contributed by atoms with Gasteiger partial charge in [-0.3, -0.25) is 0 Å². The molecule has 6 aromatic carbocycles. The van der Waals surface area contributed by atoms with E-state index in [9.17, 15) is 0 Å². The van der Waals surface area contributed by atoms with Crippen molar-refractivity contribution in [2.75, 3.05) is 4.90 Å². The molecule has 0 saturated heterocycles. The van der Waals surface area contributed by atoms with Gasteiger partial charge in [0.15, 0.2) is 16.6 Å². The Kier molecular flexibility index (Phi) is 5.69. The van der Waals surface area contributed by atoms with Crippen LogP contribution in [-0.4, -0.2) is 30.9 Å². The largest absolute Gasteiger partial charge is 0.303 e. The van der Waals surface area contributed by atoms with Gasteiger partial charge in [0.2, 0.25) is 0 Å². The molecule has 3 aromatic heterocycles. The second kappa shape index (κ2) is 10.2. The van der Waals surface area contributed by atoms with Gasteiger partial charge in [-0.2, -0.15) is 0 Å². The first-order valence-corrected chi connectivity index (χ1v) is 15.9. The van der Waals surface area contributed by atoms with Gasteiger partial charge in [-0.15, -0.1) is 0 Å². The van der Waals surface area contributed by atoms with Crippen LogP contribution in [0.25, 0.3) is 66.5 Å². The molecule has 234 valence electrons. The summed E-state index contributed by atoms with van der Waals surface area (Å²) >= 11 is 0.